The highest BCUT2D eigenvalue weighted by Crippen LogP contribution is 2.38. The maximum absolute atomic E-state index is 12.6. The zero-order valence-corrected chi connectivity index (χ0v) is 20.0. The highest BCUT2D eigenvalue weighted by Gasteiger charge is 2.28. The minimum atomic E-state index is -0.511. The van der Waals surface area contributed by atoms with E-state index < -0.39 is 5.97 Å². The van der Waals surface area contributed by atoms with Crippen LogP contribution in [0.2, 0.25) is 0 Å². The van der Waals surface area contributed by atoms with Crippen molar-refractivity contribution in [1.29, 1.82) is 0 Å². The molecule has 0 atom stereocenters. The van der Waals surface area contributed by atoms with Gasteiger partial charge in [0.25, 0.3) is 5.91 Å². The van der Waals surface area contributed by atoms with Gasteiger partial charge in [-0.05, 0) is 72.6 Å². The van der Waals surface area contributed by atoms with Crippen LogP contribution >= 0.6 is 0 Å². The Hall–Kier alpha value is -4.85. The molecule has 1 aliphatic rings. The first kappa shape index (κ1) is 23.9. The summed E-state index contributed by atoms with van der Waals surface area (Å²) in [6.07, 6.45) is 0. The molecule has 0 radical (unpaired) electrons. The van der Waals surface area contributed by atoms with E-state index in [1.807, 2.05) is 24.3 Å². The molecular formula is C29H24N2O6. The number of benzene rings is 3. The summed E-state index contributed by atoms with van der Waals surface area (Å²) in [7, 11) is 0. The number of esters is 1. The largest absolute Gasteiger partial charge is 0.508 e. The highest BCUT2D eigenvalue weighted by molar-refractivity contribution is 6.02. The van der Waals surface area contributed by atoms with Gasteiger partial charge >= 0.3 is 5.97 Å². The number of hydrogen-bond donors (Lipinski definition) is 2. The Bertz CT molecular complexity index is 1480. The number of phenols is 2. The van der Waals surface area contributed by atoms with Gasteiger partial charge in [-0.25, -0.2) is 4.98 Å². The summed E-state index contributed by atoms with van der Waals surface area (Å²) in [5.41, 5.74) is 4.48. The van der Waals surface area contributed by atoms with E-state index in [4.69, 9.17) is 14.5 Å². The molecule has 1 amide bonds. The number of ether oxygens (including phenoxy) is 2. The fourth-order valence-corrected chi connectivity index (χ4v) is 4.20. The number of para-hydroxylation sites is 1. The average Bonchev–Trinajstić information content (AvgIpc) is 2.90. The number of carbonyl (C=O) groups is 2. The zero-order chi connectivity index (χ0) is 25.9. The first-order valence-corrected chi connectivity index (χ1v) is 11.8. The number of anilines is 1. The van der Waals surface area contributed by atoms with Crippen molar-refractivity contribution >= 4 is 17.6 Å². The van der Waals surface area contributed by atoms with Crippen LogP contribution in [0.15, 0.2) is 78.9 Å². The number of amides is 1. The molecule has 1 aliphatic heterocycles. The molecule has 0 fully saturated rings. The molecule has 0 aliphatic carbocycles. The fraction of sp³-hybridized carbons (Fsp3) is 0.138. The van der Waals surface area contributed by atoms with Crippen LogP contribution in [0.4, 0.5) is 5.69 Å². The first-order valence-electron chi connectivity index (χ1n) is 11.8. The molecule has 4 aromatic rings. The predicted octanol–water partition coefficient (Wildman–Crippen LogP) is 4.78. The zero-order valence-electron chi connectivity index (χ0n) is 20.0. The molecule has 3 aromatic carbocycles. The number of carbonyl (C=O) groups excluding carboxylic acids is 2. The van der Waals surface area contributed by atoms with Crippen molar-refractivity contribution in [3.63, 3.8) is 0 Å². The summed E-state index contributed by atoms with van der Waals surface area (Å²) in [6.45, 7) is 1.53. The third kappa shape index (κ3) is 4.95. The Labute approximate surface area is 213 Å². The molecule has 0 saturated carbocycles. The van der Waals surface area contributed by atoms with Crippen molar-refractivity contribution in [2.75, 3.05) is 24.7 Å². The Kier molecular flexibility index (Phi) is 6.47. The standard InChI is InChI=1S/C29H24N2O6/c1-2-36-29(35)16-31-25-15-19(9-12-27(25)37-17-28(31)34)23-13-20(18-7-10-21(32)11-8-18)14-24(30-23)22-5-3-4-6-26(22)33/h3-15,32-33H,2,16-17H2,1H3. The second kappa shape index (κ2) is 10.0. The normalized spacial score (nSPS) is 12.6. The van der Waals surface area contributed by atoms with E-state index in [9.17, 15) is 19.8 Å². The molecule has 2 heterocycles. The lowest BCUT2D eigenvalue weighted by Gasteiger charge is -2.29. The Morgan fingerprint density at radius 1 is 0.946 bits per heavy atom. The number of pyridine rings is 1. The van der Waals surface area contributed by atoms with E-state index >= 15 is 0 Å². The summed E-state index contributed by atoms with van der Waals surface area (Å²) in [4.78, 5) is 31.0. The molecular weight excluding hydrogens is 472 g/mol. The second-order valence-corrected chi connectivity index (χ2v) is 8.45. The van der Waals surface area contributed by atoms with Gasteiger partial charge in [0.15, 0.2) is 6.61 Å². The van der Waals surface area contributed by atoms with Gasteiger partial charge in [-0.15, -0.1) is 0 Å². The lowest BCUT2D eigenvalue weighted by Crippen LogP contribution is -2.42. The van der Waals surface area contributed by atoms with Gasteiger partial charge in [0.1, 0.15) is 23.8 Å². The number of nitrogens with zero attached hydrogens (tertiary/aromatic N) is 2. The summed E-state index contributed by atoms with van der Waals surface area (Å²) in [6, 6.07) is 22.8. The number of fused-ring (bicyclic) bond motifs is 1. The van der Waals surface area contributed by atoms with Crippen molar-refractivity contribution < 1.29 is 29.3 Å². The highest BCUT2D eigenvalue weighted by atomic mass is 16.5. The lowest BCUT2D eigenvalue weighted by molar-refractivity contribution is -0.142. The van der Waals surface area contributed by atoms with Gasteiger partial charge in [-0.3, -0.25) is 14.5 Å². The van der Waals surface area contributed by atoms with Crippen molar-refractivity contribution in [3.8, 4) is 50.9 Å². The molecule has 0 unspecified atom stereocenters. The number of rotatable bonds is 6. The van der Waals surface area contributed by atoms with Crippen LogP contribution in [-0.2, 0) is 14.3 Å². The molecule has 1 aromatic heterocycles. The van der Waals surface area contributed by atoms with Gasteiger partial charge in [0.2, 0.25) is 0 Å². The predicted molar refractivity (Wildman–Crippen MR) is 138 cm³/mol. The van der Waals surface area contributed by atoms with Gasteiger partial charge in [0, 0.05) is 11.1 Å². The third-order valence-electron chi connectivity index (χ3n) is 6.00. The van der Waals surface area contributed by atoms with Crippen molar-refractivity contribution in [1.82, 2.24) is 4.98 Å². The minimum Gasteiger partial charge on any atom is -0.508 e. The quantitative estimate of drug-likeness (QED) is 0.370. The summed E-state index contributed by atoms with van der Waals surface area (Å²) >= 11 is 0. The van der Waals surface area contributed by atoms with Crippen molar-refractivity contribution in [2.24, 2.45) is 0 Å². The molecule has 37 heavy (non-hydrogen) atoms. The molecule has 5 rings (SSSR count). The SMILES string of the molecule is CCOC(=O)CN1C(=O)COc2ccc(-c3cc(-c4ccc(O)cc4)cc(-c4ccccc4O)n3)cc21. The van der Waals surface area contributed by atoms with E-state index in [-0.39, 0.29) is 37.2 Å². The smallest absolute Gasteiger partial charge is 0.326 e. The minimum absolute atomic E-state index is 0.0915. The molecule has 2 N–H and O–H groups in total. The van der Waals surface area contributed by atoms with E-state index in [0.717, 1.165) is 11.1 Å². The molecule has 186 valence electrons. The number of aromatic nitrogens is 1. The molecule has 0 spiro atoms. The molecule has 0 saturated heterocycles. The maximum atomic E-state index is 12.6. The second-order valence-electron chi connectivity index (χ2n) is 8.45. The van der Waals surface area contributed by atoms with Crippen molar-refractivity contribution in [2.45, 2.75) is 6.92 Å². The first-order chi connectivity index (χ1) is 17.9. The topological polar surface area (TPSA) is 109 Å². The van der Waals surface area contributed by atoms with E-state index in [1.165, 1.54) is 4.90 Å². The van der Waals surface area contributed by atoms with E-state index in [0.29, 0.717) is 34.0 Å². The van der Waals surface area contributed by atoms with Crippen LogP contribution in [0.25, 0.3) is 33.6 Å². The molecule has 0 bridgehead atoms. The van der Waals surface area contributed by atoms with Gasteiger partial charge in [0.05, 0.1) is 23.7 Å². The van der Waals surface area contributed by atoms with Crippen LogP contribution in [0.1, 0.15) is 6.92 Å². The summed E-state index contributed by atoms with van der Waals surface area (Å²) in [5, 5.41) is 20.2. The maximum Gasteiger partial charge on any atom is 0.326 e. The van der Waals surface area contributed by atoms with Crippen LogP contribution in [0.5, 0.6) is 17.2 Å². The van der Waals surface area contributed by atoms with Gasteiger partial charge < -0.3 is 19.7 Å². The number of aromatic hydroxyl groups is 2. The van der Waals surface area contributed by atoms with Gasteiger partial charge in [-0.1, -0.05) is 24.3 Å². The Morgan fingerprint density at radius 3 is 2.43 bits per heavy atom. The summed E-state index contributed by atoms with van der Waals surface area (Å²) in [5.74, 6) is -0.140. The van der Waals surface area contributed by atoms with Gasteiger partial charge in [-0.2, -0.15) is 0 Å². The van der Waals surface area contributed by atoms with Crippen LogP contribution < -0.4 is 9.64 Å². The Morgan fingerprint density at radius 2 is 1.68 bits per heavy atom. The van der Waals surface area contributed by atoms with E-state index in [1.54, 1.807) is 61.5 Å². The van der Waals surface area contributed by atoms with Crippen LogP contribution in [0, 0.1) is 0 Å². The lowest BCUT2D eigenvalue weighted by atomic mass is 9.99. The Balaban J connectivity index is 1.63. The van der Waals surface area contributed by atoms with E-state index in [2.05, 4.69) is 0 Å². The number of phenolic OH excluding ortho intramolecular Hbond substituents is 2. The van der Waals surface area contributed by atoms with Crippen LogP contribution in [0.3, 0.4) is 0 Å². The summed E-state index contributed by atoms with van der Waals surface area (Å²) < 4.78 is 10.6. The fourth-order valence-electron chi connectivity index (χ4n) is 4.20. The molecule has 8 nitrogen and oxygen atoms in total. The van der Waals surface area contributed by atoms with Crippen molar-refractivity contribution in [3.05, 3.63) is 78.9 Å². The monoisotopic (exact) mass is 496 g/mol. The number of hydrogen-bond acceptors (Lipinski definition) is 7. The average molecular weight is 497 g/mol. The third-order valence-corrected chi connectivity index (χ3v) is 6.00. The van der Waals surface area contributed by atoms with Crippen LogP contribution in [-0.4, -0.2) is 46.8 Å². The molecule has 8 heteroatoms.